The molecule has 4 nitrogen and oxygen atoms in total. The third-order valence-electron chi connectivity index (χ3n) is 2.74. The van der Waals surface area contributed by atoms with Crippen molar-refractivity contribution >= 4 is 21.8 Å². The molecule has 0 radical (unpaired) electrons. The minimum absolute atomic E-state index is 0.195. The molecule has 0 aliphatic heterocycles. The molecule has 19 heavy (non-hydrogen) atoms. The highest BCUT2D eigenvalue weighted by atomic mass is 79.9. The van der Waals surface area contributed by atoms with Crippen LogP contribution in [0.2, 0.25) is 0 Å². The highest BCUT2D eigenvalue weighted by molar-refractivity contribution is 9.10. The maximum absolute atomic E-state index is 10.7. The maximum atomic E-state index is 10.7. The first kappa shape index (κ1) is 16.0. The van der Waals surface area contributed by atoms with Crippen molar-refractivity contribution in [2.75, 3.05) is 13.2 Å². The van der Waals surface area contributed by atoms with Crippen LogP contribution in [-0.2, 0) is 4.79 Å². The lowest BCUT2D eigenvalue weighted by atomic mass is 10.1. The lowest BCUT2D eigenvalue weighted by molar-refractivity contribution is -0.118. The Morgan fingerprint density at radius 2 is 2.26 bits per heavy atom. The van der Waals surface area contributed by atoms with Gasteiger partial charge in [0.05, 0.1) is 13.0 Å². The van der Waals surface area contributed by atoms with Gasteiger partial charge in [-0.15, -0.1) is 0 Å². The molecule has 0 saturated carbocycles. The van der Waals surface area contributed by atoms with Crippen LogP contribution in [0.25, 0.3) is 0 Å². The van der Waals surface area contributed by atoms with E-state index >= 15 is 0 Å². The number of ether oxygens (including phenoxy) is 1. The van der Waals surface area contributed by atoms with Crippen LogP contribution in [0.5, 0.6) is 5.75 Å². The van der Waals surface area contributed by atoms with Gasteiger partial charge < -0.3 is 15.8 Å². The fourth-order valence-electron chi connectivity index (χ4n) is 1.72. The van der Waals surface area contributed by atoms with Crippen molar-refractivity contribution in [3.63, 3.8) is 0 Å². The average molecular weight is 329 g/mol. The van der Waals surface area contributed by atoms with Gasteiger partial charge in [-0.1, -0.05) is 22.9 Å². The molecule has 1 aromatic rings. The Bertz CT molecular complexity index is 424. The first-order valence-corrected chi connectivity index (χ1v) is 7.27. The SMILES string of the molecule is CCCNC(C)c1cc(Br)ccc1OCCC(N)=O. The zero-order valence-corrected chi connectivity index (χ0v) is 13.0. The molecule has 0 heterocycles. The second kappa shape index (κ2) is 8.17. The van der Waals surface area contributed by atoms with Crippen molar-refractivity contribution in [3.8, 4) is 5.75 Å². The first-order valence-electron chi connectivity index (χ1n) is 6.48. The van der Waals surface area contributed by atoms with Crippen molar-refractivity contribution in [1.82, 2.24) is 5.32 Å². The van der Waals surface area contributed by atoms with Gasteiger partial charge >= 0.3 is 0 Å². The van der Waals surface area contributed by atoms with Crippen molar-refractivity contribution < 1.29 is 9.53 Å². The molecule has 5 heteroatoms. The van der Waals surface area contributed by atoms with Crippen molar-refractivity contribution in [3.05, 3.63) is 28.2 Å². The number of nitrogens with two attached hydrogens (primary N) is 1. The largest absolute Gasteiger partial charge is 0.493 e. The normalized spacial score (nSPS) is 12.2. The summed E-state index contributed by atoms with van der Waals surface area (Å²) >= 11 is 3.47. The number of carbonyl (C=O) groups is 1. The summed E-state index contributed by atoms with van der Waals surface area (Å²) in [5, 5.41) is 3.42. The summed E-state index contributed by atoms with van der Waals surface area (Å²) in [7, 11) is 0. The van der Waals surface area contributed by atoms with Crippen LogP contribution in [-0.4, -0.2) is 19.1 Å². The molecule has 0 aliphatic rings. The monoisotopic (exact) mass is 328 g/mol. The number of primary amides is 1. The van der Waals surface area contributed by atoms with E-state index in [4.69, 9.17) is 10.5 Å². The number of rotatable bonds is 8. The number of nitrogens with one attached hydrogen (secondary N) is 1. The third-order valence-corrected chi connectivity index (χ3v) is 3.24. The summed E-state index contributed by atoms with van der Waals surface area (Å²) < 4.78 is 6.65. The van der Waals surface area contributed by atoms with Gasteiger partial charge in [-0.3, -0.25) is 4.79 Å². The number of hydrogen-bond donors (Lipinski definition) is 2. The summed E-state index contributed by atoms with van der Waals surface area (Å²) in [6.07, 6.45) is 1.31. The lowest BCUT2D eigenvalue weighted by Gasteiger charge is -2.18. The molecule has 1 aromatic carbocycles. The first-order chi connectivity index (χ1) is 9.04. The van der Waals surface area contributed by atoms with Crippen molar-refractivity contribution in [1.29, 1.82) is 0 Å². The maximum Gasteiger partial charge on any atom is 0.220 e. The second-order valence-corrected chi connectivity index (χ2v) is 5.34. The van der Waals surface area contributed by atoms with E-state index in [1.807, 2.05) is 18.2 Å². The van der Waals surface area contributed by atoms with E-state index in [-0.39, 0.29) is 18.4 Å². The third kappa shape index (κ3) is 5.61. The topological polar surface area (TPSA) is 64.3 Å². The van der Waals surface area contributed by atoms with Gasteiger partial charge in [-0.2, -0.15) is 0 Å². The molecule has 3 N–H and O–H groups in total. The minimum Gasteiger partial charge on any atom is -0.493 e. The Kier molecular flexibility index (Phi) is 6.87. The second-order valence-electron chi connectivity index (χ2n) is 4.42. The molecule has 106 valence electrons. The van der Waals surface area contributed by atoms with Crippen molar-refractivity contribution in [2.24, 2.45) is 5.73 Å². The molecule has 0 saturated heterocycles. The molecule has 0 bridgehead atoms. The highest BCUT2D eigenvalue weighted by Gasteiger charge is 2.12. The Labute approximate surface area is 122 Å². The van der Waals surface area contributed by atoms with Crippen LogP contribution in [0.3, 0.4) is 0 Å². The highest BCUT2D eigenvalue weighted by Crippen LogP contribution is 2.28. The van der Waals surface area contributed by atoms with E-state index in [0.717, 1.165) is 28.8 Å². The molecular weight excluding hydrogens is 308 g/mol. The van der Waals surface area contributed by atoms with Gasteiger partial charge in [-0.25, -0.2) is 0 Å². The predicted molar refractivity (Wildman–Crippen MR) is 80.2 cm³/mol. The quantitative estimate of drug-likeness (QED) is 0.771. The van der Waals surface area contributed by atoms with Gasteiger partial charge in [0.25, 0.3) is 0 Å². The van der Waals surface area contributed by atoms with E-state index in [9.17, 15) is 4.79 Å². The van der Waals surface area contributed by atoms with Crippen molar-refractivity contribution in [2.45, 2.75) is 32.7 Å². The van der Waals surface area contributed by atoms with Gasteiger partial charge in [0.15, 0.2) is 0 Å². The molecule has 0 fully saturated rings. The number of benzene rings is 1. The van der Waals surface area contributed by atoms with Crippen LogP contribution in [0.15, 0.2) is 22.7 Å². The zero-order valence-electron chi connectivity index (χ0n) is 11.4. The van der Waals surface area contributed by atoms with Crippen LogP contribution >= 0.6 is 15.9 Å². The minimum atomic E-state index is -0.351. The average Bonchev–Trinajstić information content (AvgIpc) is 2.37. The van der Waals surface area contributed by atoms with Crippen LogP contribution in [0.1, 0.15) is 38.3 Å². The molecule has 1 unspecified atom stereocenters. The van der Waals surface area contributed by atoms with E-state index in [0.29, 0.717) is 6.61 Å². The number of halogens is 1. The number of hydrogen-bond acceptors (Lipinski definition) is 3. The standard InChI is InChI=1S/C14H21BrN2O2/c1-3-7-17-10(2)12-9-11(15)4-5-13(12)19-8-6-14(16)18/h4-5,9-10,17H,3,6-8H2,1-2H3,(H2,16,18). The molecular formula is C14H21BrN2O2. The molecule has 0 aliphatic carbocycles. The number of carbonyl (C=O) groups excluding carboxylic acids is 1. The van der Waals surface area contributed by atoms with E-state index in [2.05, 4.69) is 35.1 Å². The lowest BCUT2D eigenvalue weighted by Crippen LogP contribution is -2.20. The molecule has 0 spiro atoms. The molecule has 1 atom stereocenters. The number of amides is 1. The molecule has 1 rings (SSSR count). The van der Waals surface area contributed by atoms with Gasteiger partial charge in [-0.05, 0) is 38.1 Å². The van der Waals surface area contributed by atoms with E-state index in [1.165, 1.54) is 0 Å². The zero-order chi connectivity index (χ0) is 14.3. The molecule has 1 amide bonds. The van der Waals surface area contributed by atoms with Gasteiger partial charge in [0.2, 0.25) is 5.91 Å². The summed E-state index contributed by atoms with van der Waals surface area (Å²) in [5.41, 5.74) is 6.18. The van der Waals surface area contributed by atoms with E-state index in [1.54, 1.807) is 0 Å². The predicted octanol–water partition coefficient (Wildman–Crippen LogP) is 2.76. The smallest absolute Gasteiger partial charge is 0.220 e. The summed E-state index contributed by atoms with van der Waals surface area (Å²) in [5.74, 6) is 0.441. The van der Waals surface area contributed by atoms with E-state index < -0.39 is 0 Å². The van der Waals surface area contributed by atoms with Crippen LogP contribution in [0.4, 0.5) is 0 Å². The van der Waals surface area contributed by atoms with Gasteiger partial charge in [0.1, 0.15) is 5.75 Å². The van der Waals surface area contributed by atoms with Gasteiger partial charge in [0, 0.05) is 16.1 Å². The molecule has 0 aromatic heterocycles. The van der Waals surface area contributed by atoms with Crippen LogP contribution < -0.4 is 15.8 Å². The van der Waals surface area contributed by atoms with Crippen LogP contribution in [0, 0.1) is 0 Å². The fourth-order valence-corrected chi connectivity index (χ4v) is 2.10. The Balaban J connectivity index is 2.75. The fraction of sp³-hybridized carbons (Fsp3) is 0.500. The Hall–Kier alpha value is -1.07. The Morgan fingerprint density at radius 1 is 1.53 bits per heavy atom. The summed E-state index contributed by atoms with van der Waals surface area (Å²) in [4.78, 5) is 10.7. The Morgan fingerprint density at radius 3 is 2.89 bits per heavy atom. The summed E-state index contributed by atoms with van der Waals surface area (Å²) in [6.45, 7) is 5.49. The summed E-state index contributed by atoms with van der Waals surface area (Å²) in [6, 6.07) is 6.06.